The Labute approximate surface area is 160 Å². The van der Waals surface area contributed by atoms with Crippen molar-refractivity contribution in [2.45, 2.75) is 53.0 Å². The van der Waals surface area contributed by atoms with E-state index in [2.05, 4.69) is 66.4 Å². The summed E-state index contributed by atoms with van der Waals surface area (Å²) in [6.07, 6.45) is 9.10. The zero-order valence-electron chi connectivity index (χ0n) is 16.7. The molecule has 27 heavy (non-hydrogen) atoms. The van der Waals surface area contributed by atoms with Gasteiger partial charge in [-0.3, -0.25) is 9.48 Å². The summed E-state index contributed by atoms with van der Waals surface area (Å²) in [5.41, 5.74) is 7.65. The van der Waals surface area contributed by atoms with Gasteiger partial charge in [-0.25, -0.2) is 4.98 Å². The number of nitrogens with two attached hydrogens (primary N) is 1. The second kappa shape index (κ2) is 8.66. The largest absolute Gasteiger partial charge is 0.369 e. The first-order valence-corrected chi connectivity index (χ1v) is 9.03. The molecule has 1 amide bonds. The van der Waals surface area contributed by atoms with E-state index < -0.39 is 5.91 Å². The van der Waals surface area contributed by atoms with Gasteiger partial charge in [0.2, 0.25) is 5.95 Å². The average Bonchev–Trinajstić information content (AvgIpc) is 3.03. The number of hydrogen-bond donors (Lipinski definition) is 3. The van der Waals surface area contributed by atoms with Gasteiger partial charge < -0.3 is 16.4 Å². The smallest absolute Gasteiger partial charge is 0.254 e. The molecule has 0 unspecified atom stereocenters. The van der Waals surface area contributed by atoms with Gasteiger partial charge in [0.15, 0.2) is 0 Å². The topological polar surface area (TPSA) is 111 Å². The molecule has 2 rings (SSSR count). The predicted octanol–water partition coefficient (Wildman–Crippen LogP) is 3.43. The molecule has 0 spiro atoms. The molecule has 0 aliphatic rings. The highest BCUT2D eigenvalue weighted by molar-refractivity contribution is 5.97. The summed E-state index contributed by atoms with van der Waals surface area (Å²) >= 11 is 0. The highest BCUT2D eigenvalue weighted by Gasteiger charge is 2.15. The Kier molecular flexibility index (Phi) is 6.55. The number of anilines is 3. The third-order valence-electron chi connectivity index (χ3n) is 3.81. The third-order valence-corrected chi connectivity index (χ3v) is 3.81. The van der Waals surface area contributed by atoms with Gasteiger partial charge in [0.05, 0.1) is 23.0 Å². The monoisotopic (exact) mass is 371 g/mol. The summed E-state index contributed by atoms with van der Waals surface area (Å²) in [4.78, 5) is 20.2. The van der Waals surface area contributed by atoms with Crippen LogP contribution in [0.15, 0.2) is 30.2 Å². The zero-order valence-corrected chi connectivity index (χ0v) is 16.7. The lowest BCUT2D eigenvalue weighted by Crippen LogP contribution is -2.21. The Morgan fingerprint density at radius 2 is 2.04 bits per heavy atom. The van der Waals surface area contributed by atoms with E-state index in [1.165, 1.54) is 11.8 Å². The number of rotatable bonds is 8. The first-order chi connectivity index (χ1) is 12.7. The van der Waals surface area contributed by atoms with E-state index in [-0.39, 0.29) is 11.1 Å². The average molecular weight is 371 g/mol. The molecule has 0 atom stereocenters. The van der Waals surface area contributed by atoms with E-state index in [0.717, 1.165) is 18.5 Å². The number of nitrogens with one attached hydrogen (secondary N) is 2. The second-order valence-corrected chi connectivity index (χ2v) is 7.64. The summed E-state index contributed by atoms with van der Waals surface area (Å²) in [6, 6.07) is 0. The van der Waals surface area contributed by atoms with Crippen molar-refractivity contribution in [2.24, 2.45) is 5.73 Å². The second-order valence-electron chi connectivity index (χ2n) is 7.64. The Balaban J connectivity index is 2.10. The van der Waals surface area contributed by atoms with Gasteiger partial charge in [-0.05, 0) is 47.5 Å². The van der Waals surface area contributed by atoms with E-state index in [1.54, 1.807) is 6.20 Å². The van der Waals surface area contributed by atoms with Crippen molar-refractivity contribution in [3.8, 4) is 0 Å². The molecule has 2 aromatic rings. The molecule has 0 radical (unpaired) electrons. The van der Waals surface area contributed by atoms with Crippen LogP contribution in [-0.4, -0.2) is 32.2 Å². The molecule has 0 saturated carbocycles. The molecule has 2 aromatic heterocycles. The van der Waals surface area contributed by atoms with Crippen molar-refractivity contribution in [3.05, 3.63) is 35.8 Å². The van der Waals surface area contributed by atoms with Gasteiger partial charge in [-0.1, -0.05) is 11.6 Å². The van der Waals surface area contributed by atoms with Crippen LogP contribution in [0.2, 0.25) is 0 Å². The van der Waals surface area contributed by atoms with Gasteiger partial charge in [-0.15, -0.1) is 0 Å². The fraction of sp³-hybridized carbons (Fsp3) is 0.474. The first-order valence-electron chi connectivity index (χ1n) is 9.03. The highest BCUT2D eigenvalue weighted by atomic mass is 16.1. The number of primary amides is 1. The quantitative estimate of drug-likeness (QED) is 0.484. The van der Waals surface area contributed by atoms with Crippen molar-refractivity contribution in [1.82, 2.24) is 19.7 Å². The fourth-order valence-corrected chi connectivity index (χ4v) is 2.34. The van der Waals surface area contributed by atoms with Crippen LogP contribution in [0.5, 0.6) is 0 Å². The van der Waals surface area contributed by atoms with E-state index in [9.17, 15) is 4.79 Å². The molecule has 8 heteroatoms. The molecule has 2 heterocycles. The maximum Gasteiger partial charge on any atom is 0.254 e. The molecule has 8 nitrogen and oxygen atoms in total. The maximum atomic E-state index is 11.6. The Morgan fingerprint density at radius 1 is 1.30 bits per heavy atom. The van der Waals surface area contributed by atoms with Crippen molar-refractivity contribution in [3.63, 3.8) is 0 Å². The standard InChI is InChI=1S/C19H29N7O/c1-13(2)8-6-7-9-21-17-15(16(20)27)11-22-18(25-17)24-14-10-23-26(12-14)19(3,4)5/h8,10-12H,6-7,9H2,1-5H3,(H2,20,27)(H2,21,22,24,25). The Hall–Kier alpha value is -2.90. The summed E-state index contributed by atoms with van der Waals surface area (Å²) in [5, 5.41) is 10.6. The maximum absolute atomic E-state index is 11.6. The number of carbonyl (C=O) groups excluding carboxylic acids is 1. The number of allylic oxidation sites excluding steroid dienone is 2. The van der Waals surface area contributed by atoms with Gasteiger partial charge in [-0.2, -0.15) is 10.1 Å². The summed E-state index contributed by atoms with van der Waals surface area (Å²) < 4.78 is 1.86. The zero-order chi connectivity index (χ0) is 20.0. The lowest BCUT2D eigenvalue weighted by Gasteiger charge is -2.18. The Morgan fingerprint density at radius 3 is 2.63 bits per heavy atom. The van der Waals surface area contributed by atoms with Gasteiger partial charge >= 0.3 is 0 Å². The highest BCUT2D eigenvalue weighted by Crippen LogP contribution is 2.20. The van der Waals surface area contributed by atoms with Gasteiger partial charge in [0.25, 0.3) is 5.91 Å². The van der Waals surface area contributed by atoms with Crippen LogP contribution < -0.4 is 16.4 Å². The minimum Gasteiger partial charge on any atom is -0.369 e. The summed E-state index contributed by atoms with van der Waals surface area (Å²) in [7, 11) is 0. The van der Waals surface area contributed by atoms with E-state index in [4.69, 9.17) is 5.73 Å². The number of carbonyl (C=O) groups is 1. The first kappa shape index (κ1) is 20.4. The normalized spacial score (nSPS) is 11.1. The van der Waals surface area contributed by atoms with Crippen LogP contribution in [0.1, 0.15) is 57.8 Å². The number of hydrogen-bond acceptors (Lipinski definition) is 6. The van der Waals surface area contributed by atoms with Gasteiger partial charge in [0, 0.05) is 18.9 Å². The fourth-order valence-electron chi connectivity index (χ4n) is 2.34. The lowest BCUT2D eigenvalue weighted by molar-refractivity contribution is 0.100. The SMILES string of the molecule is CC(C)=CCCCNc1nc(Nc2cnn(C(C)(C)C)c2)ncc1C(N)=O. The molecule has 4 N–H and O–H groups in total. The van der Waals surface area contributed by atoms with Crippen LogP contribution in [-0.2, 0) is 5.54 Å². The minimum atomic E-state index is -0.561. The van der Waals surface area contributed by atoms with Crippen molar-refractivity contribution in [2.75, 3.05) is 17.2 Å². The summed E-state index contributed by atoms with van der Waals surface area (Å²) in [5.74, 6) is 0.245. The minimum absolute atomic E-state index is 0.116. The molecule has 146 valence electrons. The molecule has 0 aliphatic heterocycles. The molecule has 0 bridgehead atoms. The molecule has 0 fully saturated rings. The van der Waals surface area contributed by atoms with Crippen LogP contribution in [0.4, 0.5) is 17.5 Å². The molecule has 0 saturated heterocycles. The number of aromatic nitrogens is 4. The third kappa shape index (κ3) is 6.09. The van der Waals surface area contributed by atoms with Crippen LogP contribution in [0.25, 0.3) is 0 Å². The lowest BCUT2D eigenvalue weighted by atomic mass is 10.1. The van der Waals surface area contributed by atoms with Crippen molar-refractivity contribution < 1.29 is 4.79 Å². The van der Waals surface area contributed by atoms with E-state index >= 15 is 0 Å². The van der Waals surface area contributed by atoms with E-state index in [1.807, 2.05) is 10.9 Å². The van der Waals surface area contributed by atoms with Gasteiger partial charge in [0.1, 0.15) is 5.82 Å². The van der Waals surface area contributed by atoms with Crippen LogP contribution in [0, 0.1) is 0 Å². The Bertz CT molecular complexity index is 814. The van der Waals surface area contributed by atoms with E-state index in [0.29, 0.717) is 18.3 Å². The van der Waals surface area contributed by atoms with Crippen LogP contribution >= 0.6 is 0 Å². The predicted molar refractivity (Wildman–Crippen MR) is 108 cm³/mol. The number of amides is 1. The molecular formula is C19H29N7O. The van der Waals surface area contributed by atoms with Crippen LogP contribution in [0.3, 0.4) is 0 Å². The number of unbranched alkanes of at least 4 members (excludes halogenated alkanes) is 1. The number of nitrogens with zero attached hydrogens (tertiary/aromatic N) is 4. The molecule has 0 aromatic carbocycles. The molecular weight excluding hydrogens is 342 g/mol. The van der Waals surface area contributed by atoms with Crippen molar-refractivity contribution in [1.29, 1.82) is 0 Å². The summed E-state index contributed by atoms with van der Waals surface area (Å²) in [6.45, 7) is 11.0. The molecule has 0 aliphatic carbocycles. The van der Waals surface area contributed by atoms with Crippen molar-refractivity contribution >= 4 is 23.4 Å².